The Labute approximate surface area is 325 Å². The highest BCUT2D eigenvalue weighted by Gasteiger charge is 2.58. The van der Waals surface area contributed by atoms with Gasteiger partial charge in [0.25, 0.3) is 0 Å². The van der Waals surface area contributed by atoms with Crippen LogP contribution in [-0.2, 0) is 90.5 Å². The molecule has 20 nitrogen and oxygen atoms in total. The molecule has 310 valence electrons. The van der Waals surface area contributed by atoms with E-state index < -0.39 is 129 Å². The Bertz CT molecular complexity index is 1630. The summed E-state index contributed by atoms with van der Waals surface area (Å²) in [6.07, 6.45) is -17.0. The summed E-state index contributed by atoms with van der Waals surface area (Å²) in [5, 5.41) is 0.424. The van der Waals surface area contributed by atoms with Gasteiger partial charge in [0, 0.05) is 53.5 Å². The molecule has 2 aliphatic rings. The van der Waals surface area contributed by atoms with Crippen LogP contribution in [0.25, 0.3) is 0 Å². The van der Waals surface area contributed by atoms with Gasteiger partial charge in [-0.25, -0.2) is 4.79 Å². The molecule has 2 aliphatic heterocycles. The summed E-state index contributed by atoms with van der Waals surface area (Å²) in [6, 6.07) is 4.65. The van der Waals surface area contributed by atoms with Crippen LogP contribution in [-0.4, -0.2) is 129 Å². The van der Waals surface area contributed by atoms with E-state index in [1.54, 1.807) is 13.0 Å². The van der Waals surface area contributed by atoms with Crippen LogP contribution in [0.2, 0.25) is 5.02 Å². The van der Waals surface area contributed by atoms with E-state index in [-0.39, 0.29) is 5.75 Å². The fourth-order valence-corrected chi connectivity index (χ4v) is 5.87. The van der Waals surface area contributed by atoms with Crippen LogP contribution >= 0.6 is 11.6 Å². The number of halogens is 1. The van der Waals surface area contributed by atoms with E-state index in [1.807, 2.05) is 0 Å². The smallest absolute Gasteiger partial charge is 0.346 e. The molecule has 0 radical (unpaired) electrons. The largest absolute Gasteiger partial charge is 0.482 e. The molecule has 10 atom stereocenters. The quantitative estimate of drug-likeness (QED) is 0.178. The molecule has 0 aromatic heterocycles. The number of ether oxygens (including phenoxy) is 12. The summed E-state index contributed by atoms with van der Waals surface area (Å²) in [5.74, 6) is -7.07. The highest BCUT2D eigenvalue weighted by Crippen LogP contribution is 2.36. The van der Waals surface area contributed by atoms with Crippen LogP contribution in [0.3, 0.4) is 0 Å². The fourth-order valence-electron chi connectivity index (χ4n) is 5.64. The zero-order valence-electron chi connectivity index (χ0n) is 31.7. The van der Waals surface area contributed by atoms with Crippen LogP contribution in [0.4, 0.5) is 0 Å². The standard InChI is InChI=1S/C35H43ClO20/c1-15-11-23(36)9-10-24(15)47-14-27(44)55-34-32(51-21(7)42)31(50-20(6)41)29(26(53-34)13-46-17(3)38)56-35-33(52-22(8)43)30(49-19(5)40)28(48-18(4)39)25(54-35)12-45-16(2)37/h9-11,25-26,28-35H,12-14H2,1-8H3/t25-,26-,28+,29-,30+,31+,32-,33-,34+,35+/m1/s1. The second-order valence-corrected chi connectivity index (χ2v) is 12.8. The molecule has 2 fully saturated rings. The third-order valence-electron chi connectivity index (χ3n) is 7.62. The minimum atomic E-state index is -1.88. The molecule has 21 heteroatoms. The van der Waals surface area contributed by atoms with E-state index in [2.05, 4.69) is 0 Å². The number of esters is 8. The predicted octanol–water partition coefficient (Wildman–Crippen LogP) is 1.19. The lowest BCUT2D eigenvalue weighted by molar-refractivity contribution is -0.357. The van der Waals surface area contributed by atoms with Crippen molar-refractivity contribution in [2.75, 3.05) is 19.8 Å². The van der Waals surface area contributed by atoms with Crippen molar-refractivity contribution in [2.24, 2.45) is 0 Å². The highest BCUT2D eigenvalue weighted by atomic mass is 35.5. The lowest BCUT2D eigenvalue weighted by Gasteiger charge is -2.48. The second-order valence-electron chi connectivity index (χ2n) is 12.4. The Hall–Kier alpha value is -5.05. The predicted molar refractivity (Wildman–Crippen MR) is 181 cm³/mol. The summed E-state index contributed by atoms with van der Waals surface area (Å²) < 4.78 is 66.9. The minimum Gasteiger partial charge on any atom is -0.482 e. The number of aryl methyl sites for hydroxylation is 1. The maximum atomic E-state index is 13.1. The van der Waals surface area contributed by atoms with E-state index in [0.29, 0.717) is 10.6 Å². The molecule has 0 bridgehead atoms. The summed E-state index contributed by atoms with van der Waals surface area (Å²) in [5.41, 5.74) is 0.593. The second kappa shape index (κ2) is 20.7. The van der Waals surface area contributed by atoms with Gasteiger partial charge in [-0.2, -0.15) is 0 Å². The summed E-state index contributed by atoms with van der Waals surface area (Å²) in [7, 11) is 0. The van der Waals surface area contributed by atoms with Gasteiger partial charge in [0.15, 0.2) is 37.3 Å². The molecular formula is C35H43ClO20. The molecule has 1 aromatic rings. The average Bonchev–Trinajstić information content (AvgIpc) is 3.06. The lowest BCUT2D eigenvalue weighted by atomic mass is 9.96. The van der Waals surface area contributed by atoms with Crippen LogP contribution in [0.1, 0.15) is 54.0 Å². The van der Waals surface area contributed by atoms with Gasteiger partial charge in [-0.3, -0.25) is 33.6 Å². The van der Waals surface area contributed by atoms with Crippen LogP contribution in [0, 0.1) is 6.92 Å². The maximum Gasteiger partial charge on any atom is 0.346 e. The van der Waals surface area contributed by atoms with E-state index in [4.69, 9.17) is 68.4 Å². The van der Waals surface area contributed by atoms with Gasteiger partial charge in [-0.1, -0.05) is 11.6 Å². The van der Waals surface area contributed by atoms with Gasteiger partial charge >= 0.3 is 47.8 Å². The molecule has 0 amide bonds. The normalized spacial score (nSPS) is 27.0. The Morgan fingerprint density at radius 1 is 0.554 bits per heavy atom. The van der Waals surface area contributed by atoms with Gasteiger partial charge in [0.05, 0.1) is 0 Å². The van der Waals surface area contributed by atoms with E-state index in [1.165, 1.54) is 12.1 Å². The Morgan fingerprint density at radius 3 is 1.46 bits per heavy atom. The fraction of sp³-hybridized carbons (Fsp3) is 0.600. The van der Waals surface area contributed by atoms with Gasteiger partial charge in [0.2, 0.25) is 12.4 Å². The molecule has 3 rings (SSSR count). The third kappa shape index (κ3) is 13.6. The molecule has 0 N–H and O–H groups in total. The van der Waals surface area contributed by atoms with E-state index in [0.717, 1.165) is 48.5 Å². The number of rotatable bonds is 15. The Balaban J connectivity index is 2.10. The van der Waals surface area contributed by atoms with Crippen molar-refractivity contribution in [3.63, 3.8) is 0 Å². The molecule has 0 unspecified atom stereocenters. The lowest BCUT2D eigenvalue weighted by Crippen LogP contribution is -2.67. The zero-order chi connectivity index (χ0) is 41.9. The molecule has 2 saturated heterocycles. The number of benzene rings is 1. The van der Waals surface area contributed by atoms with E-state index >= 15 is 0 Å². The molecule has 1 aromatic carbocycles. The average molecular weight is 819 g/mol. The summed E-state index contributed by atoms with van der Waals surface area (Å²) in [4.78, 5) is 98.9. The Morgan fingerprint density at radius 2 is 0.982 bits per heavy atom. The first-order valence-electron chi connectivity index (χ1n) is 16.9. The molecule has 0 spiro atoms. The third-order valence-corrected chi connectivity index (χ3v) is 7.85. The molecular weight excluding hydrogens is 776 g/mol. The number of carbonyl (C=O) groups is 8. The highest BCUT2D eigenvalue weighted by molar-refractivity contribution is 6.30. The number of hydrogen-bond acceptors (Lipinski definition) is 20. The van der Waals surface area contributed by atoms with Crippen molar-refractivity contribution < 1.29 is 95.2 Å². The monoisotopic (exact) mass is 818 g/mol. The van der Waals surface area contributed by atoms with Crippen molar-refractivity contribution in [3.8, 4) is 5.75 Å². The number of hydrogen-bond donors (Lipinski definition) is 0. The zero-order valence-corrected chi connectivity index (χ0v) is 32.4. The van der Waals surface area contributed by atoms with Crippen molar-refractivity contribution >= 4 is 59.4 Å². The summed E-state index contributed by atoms with van der Waals surface area (Å²) in [6.45, 7) is 6.88. The van der Waals surface area contributed by atoms with Gasteiger partial charge in [0.1, 0.15) is 37.3 Å². The molecule has 2 heterocycles. The minimum absolute atomic E-state index is 0.288. The first-order valence-corrected chi connectivity index (χ1v) is 17.3. The van der Waals surface area contributed by atoms with Crippen LogP contribution in [0.5, 0.6) is 5.75 Å². The summed E-state index contributed by atoms with van der Waals surface area (Å²) >= 11 is 5.99. The van der Waals surface area contributed by atoms with Crippen LogP contribution in [0.15, 0.2) is 18.2 Å². The topological polar surface area (TPSA) is 247 Å². The first-order chi connectivity index (χ1) is 26.2. The van der Waals surface area contributed by atoms with Crippen LogP contribution < -0.4 is 4.74 Å². The number of carbonyl (C=O) groups excluding carboxylic acids is 8. The molecule has 0 saturated carbocycles. The van der Waals surface area contributed by atoms with Gasteiger partial charge in [-0.15, -0.1) is 0 Å². The molecule has 56 heavy (non-hydrogen) atoms. The van der Waals surface area contributed by atoms with Crippen molar-refractivity contribution in [2.45, 2.75) is 117 Å². The van der Waals surface area contributed by atoms with Crippen molar-refractivity contribution in [1.82, 2.24) is 0 Å². The first kappa shape index (κ1) is 45.3. The molecule has 0 aliphatic carbocycles. The Kier molecular flexibility index (Phi) is 16.8. The van der Waals surface area contributed by atoms with E-state index in [9.17, 15) is 38.4 Å². The van der Waals surface area contributed by atoms with Crippen molar-refractivity contribution in [3.05, 3.63) is 28.8 Å². The maximum absolute atomic E-state index is 13.1. The SMILES string of the molecule is CC(=O)OC[C@H]1O[C@@H](O[C@H]2[C@H](OC(C)=O)[C@@H](OC(C)=O)[C@H](OC(=O)COc3ccc(Cl)cc3C)O[C@@H]2COC(C)=O)[C@H](OC(C)=O)[C@@H](OC(C)=O)[C@H]1OC(C)=O. The van der Waals surface area contributed by atoms with Gasteiger partial charge in [-0.05, 0) is 30.7 Å². The van der Waals surface area contributed by atoms with Gasteiger partial charge < -0.3 is 56.8 Å². The van der Waals surface area contributed by atoms with Crippen molar-refractivity contribution in [1.29, 1.82) is 0 Å².